The van der Waals surface area contributed by atoms with E-state index in [2.05, 4.69) is 31.1 Å². The number of hydrogen-bond acceptors (Lipinski definition) is 3. The second-order valence-electron chi connectivity index (χ2n) is 5.46. The first-order valence-electron chi connectivity index (χ1n) is 6.23. The van der Waals surface area contributed by atoms with Gasteiger partial charge in [-0.3, -0.25) is 0 Å². The van der Waals surface area contributed by atoms with Gasteiger partial charge in [-0.15, -0.1) is 11.3 Å². The third kappa shape index (κ3) is 2.83. The molecule has 1 aromatic rings. The first kappa shape index (κ1) is 12.1. The molecule has 0 aliphatic heterocycles. The van der Waals surface area contributed by atoms with Crippen molar-refractivity contribution in [1.82, 2.24) is 10.3 Å². The van der Waals surface area contributed by atoms with Gasteiger partial charge in [0.2, 0.25) is 0 Å². The number of nitrogens with one attached hydrogen (secondary N) is 1. The van der Waals surface area contributed by atoms with Gasteiger partial charge >= 0.3 is 0 Å². The van der Waals surface area contributed by atoms with Crippen molar-refractivity contribution in [1.29, 1.82) is 0 Å². The summed E-state index contributed by atoms with van der Waals surface area (Å²) in [5, 5.41) is 3.73. The van der Waals surface area contributed by atoms with E-state index in [1.54, 1.807) is 11.3 Å². The van der Waals surface area contributed by atoms with Crippen molar-refractivity contribution < 1.29 is 0 Å². The zero-order chi connectivity index (χ0) is 11.6. The minimum atomic E-state index is 0.350. The van der Waals surface area contributed by atoms with Crippen molar-refractivity contribution in [3.05, 3.63) is 16.1 Å². The molecule has 1 fully saturated rings. The first-order valence-corrected chi connectivity index (χ1v) is 7.11. The Morgan fingerprint density at radius 1 is 1.50 bits per heavy atom. The van der Waals surface area contributed by atoms with E-state index in [1.807, 2.05) is 5.51 Å². The first-order chi connectivity index (χ1) is 7.59. The SMILES string of the molecule is Cc1ncsc1CNC1(C)CCC(C)CC1. The maximum atomic E-state index is 4.29. The van der Waals surface area contributed by atoms with Gasteiger partial charge in [0, 0.05) is 17.0 Å². The van der Waals surface area contributed by atoms with Crippen LogP contribution in [0.4, 0.5) is 0 Å². The Morgan fingerprint density at radius 3 is 2.75 bits per heavy atom. The average molecular weight is 238 g/mol. The van der Waals surface area contributed by atoms with E-state index in [-0.39, 0.29) is 0 Å². The Balaban J connectivity index is 1.88. The maximum Gasteiger partial charge on any atom is 0.0798 e. The Labute approximate surface area is 102 Å². The number of rotatable bonds is 3. The molecule has 1 aliphatic carbocycles. The van der Waals surface area contributed by atoms with E-state index in [0.717, 1.165) is 12.5 Å². The van der Waals surface area contributed by atoms with Crippen LogP contribution in [-0.2, 0) is 6.54 Å². The van der Waals surface area contributed by atoms with Gasteiger partial charge in [0.1, 0.15) is 0 Å². The van der Waals surface area contributed by atoms with E-state index >= 15 is 0 Å². The summed E-state index contributed by atoms with van der Waals surface area (Å²) in [6, 6.07) is 0. The molecule has 1 heterocycles. The normalized spacial score (nSPS) is 30.6. The van der Waals surface area contributed by atoms with Crippen molar-refractivity contribution in [2.24, 2.45) is 5.92 Å². The predicted molar refractivity (Wildman–Crippen MR) is 69.7 cm³/mol. The van der Waals surface area contributed by atoms with Crippen molar-refractivity contribution in [2.45, 2.75) is 58.5 Å². The fourth-order valence-corrected chi connectivity index (χ4v) is 3.08. The molecule has 0 amide bonds. The maximum absolute atomic E-state index is 4.29. The van der Waals surface area contributed by atoms with E-state index in [9.17, 15) is 0 Å². The Hall–Kier alpha value is -0.410. The van der Waals surface area contributed by atoms with Crippen LogP contribution in [0.5, 0.6) is 0 Å². The number of nitrogens with zero attached hydrogens (tertiary/aromatic N) is 1. The van der Waals surface area contributed by atoms with Crippen LogP contribution in [0, 0.1) is 12.8 Å². The lowest BCUT2D eigenvalue weighted by Gasteiger charge is -2.37. The van der Waals surface area contributed by atoms with Gasteiger partial charge in [0.15, 0.2) is 0 Å². The molecule has 0 atom stereocenters. The van der Waals surface area contributed by atoms with E-state index in [0.29, 0.717) is 5.54 Å². The molecule has 2 rings (SSSR count). The zero-order valence-corrected chi connectivity index (χ0v) is 11.4. The predicted octanol–water partition coefficient (Wildman–Crippen LogP) is 3.51. The topological polar surface area (TPSA) is 24.9 Å². The summed E-state index contributed by atoms with van der Waals surface area (Å²) in [6.07, 6.45) is 5.36. The Morgan fingerprint density at radius 2 is 2.19 bits per heavy atom. The van der Waals surface area contributed by atoms with Gasteiger partial charge in [-0.1, -0.05) is 6.92 Å². The fourth-order valence-electron chi connectivity index (χ4n) is 2.37. The lowest BCUT2D eigenvalue weighted by atomic mass is 9.78. The highest BCUT2D eigenvalue weighted by molar-refractivity contribution is 7.09. The molecule has 2 nitrogen and oxygen atoms in total. The molecule has 1 N–H and O–H groups in total. The van der Waals surface area contributed by atoms with E-state index in [4.69, 9.17) is 0 Å². The van der Waals surface area contributed by atoms with Gasteiger partial charge in [-0.25, -0.2) is 4.98 Å². The van der Waals surface area contributed by atoms with E-state index < -0.39 is 0 Å². The molecule has 3 heteroatoms. The van der Waals surface area contributed by atoms with Crippen LogP contribution in [-0.4, -0.2) is 10.5 Å². The van der Waals surface area contributed by atoms with Crippen LogP contribution >= 0.6 is 11.3 Å². The van der Waals surface area contributed by atoms with Crippen LogP contribution in [0.2, 0.25) is 0 Å². The van der Waals surface area contributed by atoms with Crippen LogP contribution in [0.15, 0.2) is 5.51 Å². The van der Waals surface area contributed by atoms with Gasteiger partial charge in [-0.2, -0.15) is 0 Å². The van der Waals surface area contributed by atoms with E-state index in [1.165, 1.54) is 36.3 Å². The van der Waals surface area contributed by atoms with Gasteiger partial charge < -0.3 is 5.32 Å². The second-order valence-corrected chi connectivity index (χ2v) is 6.40. The summed E-state index contributed by atoms with van der Waals surface area (Å²) in [5.41, 5.74) is 3.48. The smallest absolute Gasteiger partial charge is 0.0798 e. The highest BCUT2D eigenvalue weighted by Crippen LogP contribution is 2.31. The average Bonchev–Trinajstić information content (AvgIpc) is 2.67. The fraction of sp³-hybridized carbons (Fsp3) is 0.769. The molecule has 0 bridgehead atoms. The Kier molecular flexibility index (Phi) is 3.65. The summed E-state index contributed by atoms with van der Waals surface area (Å²) >= 11 is 1.76. The zero-order valence-electron chi connectivity index (χ0n) is 10.5. The number of thiazole rings is 1. The standard InChI is InChI=1S/C13H22N2S/c1-10-4-6-13(3,7-5-10)15-8-12-11(2)14-9-16-12/h9-10,15H,4-8H2,1-3H3. The van der Waals surface area contributed by atoms with Crippen molar-refractivity contribution in [2.75, 3.05) is 0 Å². The largest absolute Gasteiger partial charge is 0.307 e. The number of hydrogen-bond donors (Lipinski definition) is 1. The lowest BCUT2D eigenvalue weighted by Crippen LogP contribution is -2.44. The van der Waals surface area contributed by atoms with Crippen LogP contribution in [0.1, 0.15) is 50.1 Å². The molecule has 0 radical (unpaired) electrons. The molecule has 16 heavy (non-hydrogen) atoms. The quantitative estimate of drug-likeness (QED) is 0.871. The molecule has 1 aliphatic rings. The molecule has 0 unspecified atom stereocenters. The van der Waals surface area contributed by atoms with Gasteiger partial charge in [-0.05, 0) is 45.4 Å². The molecule has 0 spiro atoms. The summed E-state index contributed by atoms with van der Waals surface area (Å²) in [4.78, 5) is 5.68. The van der Waals surface area contributed by atoms with Crippen LogP contribution in [0.3, 0.4) is 0 Å². The summed E-state index contributed by atoms with van der Waals surface area (Å²) in [7, 11) is 0. The van der Waals surface area contributed by atoms with Crippen molar-refractivity contribution >= 4 is 11.3 Å². The minimum absolute atomic E-state index is 0.350. The molecule has 1 aromatic heterocycles. The van der Waals surface area contributed by atoms with Crippen molar-refractivity contribution in [3.63, 3.8) is 0 Å². The van der Waals surface area contributed by atoms with Gasteiger partial charge in [0.05, 0.1) is 11.2 Å². The summed E-state index contributed by atoms with van der Waals surface area (Å²) < 4.78 is 0. The molecule has 90 valence electrons. The molecule has 1 saturated carbocycles. The summed E-state index contributed by atoms with van der Waals surface area (Å²) in [6.45, 7) is 7.82. The number of aromatic nitrogens is 1. The highest BCUT2D eigenvalue weighted by Gasteiger charge is 2.28. The molecular formula is C13H22N2S. The van der Waals surface area contributed by atoms with Crippen molar-refractivity contribution in [3.8, 4) is 0 Å². The molecule has 0 saturated heterocycles. The lowest BCUT2D eigenvalue weighted by molar-refractivity contribution is 0.213. The van der Waals surface area contributed by atoms with Crippen LogP contribution < -0.4 is 5.32 Å². The van der Waals surface area contributed by atoms with Crippen LogP contribution in [0.25, 0.3) is 0 Å². The molecule has 0 aromatic carbocycles. The highest BCUT2D eigenvalue weighted by atomic mass is 32.1. The second kappa shape index (κ2) is 4.84. The minimum Gasteiger partial charge on any atom is -0.307 e. The van der Waals surface area contributed by atoms with Gasteiger partial charge in [0.25, 0.3) is 0 Å². The summed E-state index contributed by atoms with van der Waals surface area (Å²) in [5.74, 6) is 0.917. The number of aryl methyl sites for hydroxylation is 1. The third-order valence-electron chi connectivity index (χ3n) is 3.90. The third-order valence-corrected chi connectivity index (χ3v) is 4.83. The molecular weight excluding hydrogens is 216 g/mol. The Bertz CT molecular complexity index is 337. The monoisotopic (exact) mass is 238 g/mol.